The molecule has 4 nitrogen and oxygen atoms in total. The number of fused-ring (bicyclic) bond motifs is 1. The van der Waals surface area contributed by atoms with Crippen LogP contribution in [0, 0.1) is 0 Å². The molecule has 0 spiro atoms. The van der Waals surface area contributed by atoms with Crippen LogP contribution in [0.5, 0.6) is 5.75 Å². The van der Waals surface area contributed by atoms with Crippen LogP contribution in [0.1, 0.15) is 6.42 Å². The van der Waals surface area contributed by atoms with Crippen molar-refractivity contribution in [1.29, 1.82) is 0 Å². The number of nitrogens with two attached hydrogens (primary N) is 1. The molecule has 2 rings (SSSR count). The van der Waals surface area contributed by atoms with Crippen molar-refractivity contribution in [3.63, 3.8) is 0 Å². The van der Waals surface area contributed by atoms with Crippen LogP contribution in [-0.4, -0.2) is 25.3 Å². The van der Waals surface area contributed by atoms with Crippen LogP contribution in [0.2, 0.25) is 0 Å². The topological polar surface area (TPSA) is 57.4 Å². The van der Waals surface area contributed by atoms with E-state index in [0.717, 1.165) is 27.5 Å². The van der Waals surface area contributed by atoms with Gasteiger partial charge < -0.3 is 15.2 Å². The van der Waals surface area contributed by atoms with Crippen LogP contribution in [-0.2, 0) is 4.74 Å². The Morgan fingerprint density at radius 2 is 2.17 bits per heavy atom. The zero-order chi connectivity index (χ0) is 13.0. The first-order chi connectivity index (χ1) is 8.72. The first-order valence-electron chi connectivity index (χ1n) is 5.68. The smallest absolute Gasteiger partial charge is 0.145 e. The maximum Gasteiger partial charge on any atom is 0.145 e. The summed E-state index contributed by atoms with van der Waals surface area (Å²) in [5.74, 6) is 0.753. The molecule has 0 aliphatic heterocycles. The van der Waals surface area contributed by atoms with Crippen molar-refractivity contribution in [1.82, 2.24) is 4.98 Å². The second-order valence-corrected chi connectivity index (χ2v) is 4.81. The number of halogens is 1. The van der Waals surface area contributed by atoms with E-state index in [1.54, 1.807) is 13.3 Å². The van der Waals surface area contributed by atoms with E-state index in [1.165, 1.54) is 0 Å². The van der Waals surface area contributed by atoms with Gasteiger partial charge in [-0.25, -0.2) is 0 Å². The van der Waals surface area contributed by atoms with E-state index in [2.05, 4.69) is 20.9 Å². The summed E-state index contributed by atoms with van der Waals surface area (Å²) in [7, 11) is 1.68. The number of benzene rings is 1. The van der Waals surface area contributed by atoms with E-state index >= 15 is 0 Å². The molecule has 0 radical (unpaired) electrons. The second kappa shape index (κ2) is 6.02. The van der Waals surface area contributed by atoms with Gasteiger partial charge in [-0.15, -0.1) is 0 Å². The molecule has 2 N–H and O–H groups in total. The van der Waals surface area contributed by atoms with Gasteiger partial charge >= 0.3 is 0 Å². The lowest BCUT2D eigenvalue weighted by Crippen LogP contribution is -2.02. The molecule has 96 valence electrons. The summed E-state index contributed by atoms with van der Waals surface area (Å²) >= 11 is 3.39. The highest BCUT2D eigenvalue weighted by Gasteiger charge is 2.07. The molecular weight excluding hydrogens is 296 g/mol. The van der Waals surface area contributed by atoms with Crippen molar-refractivity contribution in [3.8, 4) is 5.75 Å². The fourth-order valence-corrected chi connectivity index (χ4v) is 2.02. The SMILES string of the molecule is COCCCOc1ccc(N)c2cc(Br)cnc12. The minimum absolute atomic E-state index is 0.602. The van der Waals surface area contributed by atoms with Crippen molar-refractivity contribution in [3.05, 3.63) is 28.9 Å². The zero-order valence-electron chi connectivity index (χ0n) is 10.1. The Morgan fingerprint density at radius 1 is 1.33 bits per heavy atom. The summed E-state index contributed by atoms with van der Waals surface area (Å²) < 4.78 is 11.6. The van der Waals surface area contributed by atoms with Gasteiger partial charge in [0.15, 0.2) is 0 Å². The van der Waals surface area contributed by atoms with Gasteiger partial charge in [-0.1, -0.05) is 0 Å². The summed E-state index contributed by atoms with van der Waals surface area (Å²) in [5, 5.41) is 0.897. The number of methoxy groups -OCH3 is 1. The third-order valence-corrected chi connectivity index (χ3v) is 3.00. The molecule has 0 saturated heterocycles. The Hall–Kier alpha value is -1.33. The molecule has 0 saturated carbocycles. The number of hydrogen-bond donors (Lipinski definition) is 1. The third-order valence-electron chi connectivity index (χ3n) is 2.56. The van der Waals surface area contributed by atoms with E-state index < -0.39 is 0 Å². The minimum Gasteiger partial charge on any atom is -0.491 e. The number of anilines is 1. The van der Waals surface area contributed by atoms with Crippen molar-refractivity contribution < 1.29 is 9.47 Å². The number of nitrogen functional groups attached to an aromatic ring is 1. The zero-order valence-corrected chi connectivity index (χ0v) is 11.7. The molecule has 0 fully saturated rings. The Labute approximate surface area is 114 Å². The lowest BCUT2D eigenvalue weighted by atomic mass is 10.1. The van der Waals surface area contributed by atoms with Crippen molar-refractivity contribution in [2.45, 2.75) is 6.42 Å². The molecule has 1 aromatic carbocycles. The second-order valence-electron chi connectivity index (χ2n) is 3.90. The first kappa shape index (κ1) is 13.1. The molecule has 5 heteroatoms. The molecule has 0 bridgehead atoms. The molecule has 0 amide bonds. The van der Waals surface area contributed by atoms with Crippen molar-refractivity contribution in [2.75, 3.05) is 26.1 Å². The highest BCUT2D eigenvalue weighted by atomic mass is 79.9. The fraction of sp³-hybridized carbons (Fsp3) is 0.308. The Morgan fingerprint density at radius 3 is 2.94 bits per heavy atom. The highest BCUT2D eigenvalue weighted by Crippen LogP contribution is 2.30. The van der Waals surface area contributed by atoms with Gasteiger partial charge in [0.05, 0.1) is 6.61 Å². The predicted molar refractivity (Wildman–Crippen MR) is 75.8 cm³/mol. The monoisotopic (exact) mass is 310 g/mol. The Balaban J connectivity index is 2.25. The molecule has 18 heavy (non-hydrogen) atoms. The van der Waals surface area contributed by atoms with Gasteiger partial charge in [-0.3, -0.25) is 4.98 Å². The van der Waals surface area contributed by atoms with Gasteiger partial charge in [0, 0.05) is 41.9 Å². The van der Waals surface area contributed by atoms with E-state index in [-0.39, 0.29) is 0 Å². The molecule has 0 unspecified atom stereocenters. The summed E-state index contributed by atoms with van der Waals surface area (Å²) in [4.78, 5) is 4.36. The summed E-state index contributed by atoms with van der Waals surface area (Å²) in [5.41, 5.74) is 7.42. The summed E-state index contributed by atoms with van der Waals surface area (Å²) in [6, 6.07) is 5.63. The van der Waals surface area contributed by atoms with Crippen LogP contribution >= 0.6 is 15.9 Å². The maximum absolute atomic E-state index is 5.93. The van der Waals surface area contributed by atoms with Crippen molar-refractivity contribution in [2.24, 2.45) is 0 Å². The van der Waals surface area contributed by atoms with Crippen LogP contribution in [0.15, 0.2) is 28.9 Å². The third kappa shape index (κ3) is 2.91. The predicted octanol–water partition coefficient (Wildman–Crippen LogP) is 2.99. The van der Waals surface area contributed by atoms with E-state index in [9.17, 15) is 0 Å². The standard InChI is InChI=1S/C13H15BrN2O2/c1-17-5-2-6-18-12-4-3-11(15)10-7-9(14)8-16-13(10)12/h3-4,7-8H,2,5-6,15H2,1H3. The van der Waals surface area contributed by atoms with E-state index in [4.69, 9.17) is 15.2 Å². The van der Waals surface area contributed by atoms with E-state index in [1.807, 2.05) is 18.2 Å². The summed E-state index contributed by atoms with van der Waals surface area (Å²) in [6.45, 7) is 1.29. The van der Waals surface area contributed by atoms with Gasteiger partial charge in [0.2, 0.25) is 0 Å². The minimum atomic E-state index is 0.602. The Bertz CT molecular complexity index is 546. The van der Waals surface area contributed by atoms with Gasteiger partial charge in [-0.05, 0) is 34.1 Å². The quantitative estimate of drug-likeness (QED) is 0.681. The highest BCUT2D eigenvalue weighted by molar-refractivity contribution is 9.10. The molecular formula is C13H15BrN2O2. The van der Waals surface area contributed by atoms with Gasteiger partial charge in [-0.2, -0.15) is 0 Å². The van der Waals surface area contributed by atoms with Crippen LogP contribution < -0.4 is 10.5 Å². The summed E-state index contributed by atoms with van der Waals surface area (Å²) in [6.07, 6.45) is 2.59. The average molecular weight is 311 g/mol. The van der Waals surface area contributed by atoms with Gasteiger partial charge in [0.25, 0.3) is 0 Å². The molecule has 0 atom stereocenters. The number of hydrogen-bond acceptors (Lipinski definition) is 4. The van der Waals surface area contributed by atoms with E-state index in [0.29, 0.717) is 18.9 Å². The molecule has 2 aromatic rings. The van der Waals surface area contributed by atoms with Crippen LogP contribution in [0.3, 0.4) is 0 Å². The molecule has 0 aliphatic carbocycles. The number of aromatic nitrogens is 1. The lowest BCUT2D eigenvalue weighted by Gasteiger charge is -2.10. The average Bonchev–Trinajstić information content (AvgIpc) is 2.37. The largest absolute Gasteiger partial charge is 0.491 e. The number of rotatable bonds is 5. The van der Waals surface area contributed by atoms with Gasteiger partial charge in [0.1, 0.15) is 11.3 Å². The Kier molecular flexibility index (Phi) is 4.38. The molecule has 1 heterocycles. The maximum atomic E-state index is 5.93. The number of pyridine rings is 1. The lowest BCUT2D eigenvalue weighted by molar-refractivity contribution is 0.172. The van der Waals surface area contributed by atoms with Crippen LogP contribution in [0.4, 0.5) is 5.69 Å². The number of ether oxygens (including phenoxy) is 2. The van der Waals surface area contributed by atoms with Crippen LogP contribution in [0.25, 0.3) is 10.9 Å². The molecule has 1 aromatic heterocycles. The first-order valence-corrected chi connectivity index (χ1v) is 6.47. The number of nitrogens with zero attached hydrogens (tertiary/aromatic N) is 1. The normalized spacial score (nSPS) is 10.8. The molecule has 0 aliphatic rings. The van der Waals surface area contributed by atoms with Crippen molar-refractivity contribution >= 4 is 32.5 Å². The fourth-order valence-electron chi connectivity index (χ4n) is 1.69.